The van der Waals surface area contributed by atoms with Gasteiger partial charge in [0.1, 0.15) is 0 Å². The lowest BCUT2D eigenvalue weighted by Crippen LogP contribution is -1.98. The number of halogens is 1. The van der Waals surface area contributed by atoms with Gasteiger partial charge >= 0.3 is 5.97 Å². The summed E-state index contributed by atoms with van der Waals surface area (Å²) in [7, 11) is 0. The molecular weight excluding hydrogens is 272 g/mol. The number of hydrogen-bond donors (Lipinski definition) is 1. The van der Waals surface area contributed by atoms with Crippen LogP contribution in [0.3, 0.4) is 0 Å². The highest BCUT2D eigenvalue weighted by molar-refractivity contribution is 9.10. The Balaban J connectivity index is 2.43. The third-order valence-corrected chi connectivity index (χ3v) is 3.17. The number of carboxylic acid groups (broad SMARTS) is 1. The second kappa shape index (κ2) is 3.50. The predicted molar refractivity (Wildman–Crippen MR) is 52.3 cm³/mol. The van der Waals surface area contributed by atoms with Gasteiger partial charge in [-0.3, -0.25) is 0 Å². The molecule has 0 unspecified atom stereocenters. The van der Waals surface area contributed by atoms with Crippen molar-refractivity contribution in [1.82, 2.24) is 10.1 Å². The van der Waals surface area contributed by atoms with Crippen LogP contribution in [0.5, 0.6) is 0 Å². The van der Waals surface area contributed by atoms with Crippen molar-refractivity contribution < 1.29 is 14.4 Å². The van der Waals surface area contributed by atoms with Crippen LogP contribution in [0, 0.1) is 0 Å². The van der Waals surface area contributed by atoms with E-state index < -0.39 is 5.97 Å². The Morgan fingerprint density at radius 3 is 2.86 bits per heavy atom. The first-order chi connectivity index (χ1) is 6.68. The third kappa shape index (κ3) is 1.55. The smallest absolute Gasteiger partial charge is 0.377 e. The van der Waals surface area contributed by atoms with Crippen LogP contribution in [0.4, 0.5) is 0 Å². The first kappa shape index (κ1) is 9.35. The molecule has 7 heteroatoms. The molecular formula is C7H3BrN2O3S. The maximum Gasteiger partial charge on any atom is 0.377 e. The maximum absolute atomic E-state index is 10.5. The van der Waals surface area contributed by atoms with Gasteiger partial charge in [-0.2, -0.15) is 16.3 Å². The monoisotopic (exact) mass is 274 g/mol. The molecule has 14 heavy (non-hydrogen) atoms. The van der Waals surface area contributed by atoms with E-state index in [-0.39, 0.29) is 11.7 Å². The summed E-state index contributed by atoms with van der Waals surface area (Å²) >= 11 is 4.74. The number of aromatic nitrogens is 2. The lowest BCUT2D eigenvalue weighted by atomic mass is 10.3. The summed E-state index contributed by atoms with van der Waals surface area (Å²) in [5, 5.41) is 15.5. The Hall–Kier alpha value is -1.21. The summed E-state index contributed by atoms with van der Waals surface area (Å²) < 4.78 is 5.59. The van der Waals surface area contributed by atoms with Crippen LogP contribution in [0.2, 0.25) is 0 Å². The molecule has 0 fully saturated rings. The molecule has 2 aromatic rings. The Bertz CT molecular complexity index is 479. The van der Waals surface area contributed by atoms with Gasteiger partial charge in [-0.25, -0.2) is 4.79 Å². The minimum Gasteiger partial charge on any atom is -0.475 e. The van der Waals surface area contributed by atoms with Crippen molar-refractivity contribution in [2.24, 2.45) is 0 Å². The maximum atomic E-state index is 10.5. The van der Waals surface area contributed by atoms with E-state index in [1.165, 1.54) is 11.3 Å². The van der Waals surface area contributed by atoms with E-state index in [0.29, 0.717) is 5.56 Å². The molecule has 0 aliphatic heterocycles. The van der Waals surface area contributed by atoms with Gasteiger partial charge in [-0.05, 0) is 21.1 Å². The zero-order valence-corrected chi connectivity index (χ0v) is 9.00. The van der Waals surface area contributed by atoms with Crippen LogP contribution < -0.4 is 0 Å². The standard InChI is InChI=1S/C7H3BrN2O3S/c8-4-2-14-1-3(4)6-9-5(7(11)12)10-13-6/h1-2H,(H,11,12). The van der Waals surface area contributed by atoms with E-state index in [2.05, 4.69) is 26.1 Å². The van der Waals surface area contributed by atoms with E-state index >= 15 is 0 Å². The van der Waals surface area contributed by atoms with Crippen molar-refractivity contribution >= 4 is 33.2 Å². The normalized spacial score (nSPS) is 10.4. The van der Waals surface area contributed by atoms with Gasteiger partial charge in [0.15, 0.2) is 0 Å². The van der Waals surface area contributed by atoms with Gasteiger partial charge in [0.05, 0.1) is 5.56 Å². The van der Waals surface area contributed by atoms with Gasteiger partial charge in [-0.15, -0.1) is 0 Å². The highest BCUT2D eigenvalue weighted by Gasteiger charge is 2.16. The summed E-state index contributed by atoms with van der Waals surface area (Å²) in [6.07, 6.45) is 0. The van der Waals surface area contributed by atoms with E-state index in [1.54, 1.807) is 5.38 Å². The van der Waals surface area contributed by atoms with Crippen molar-refractivity contribution in [1.29, 1.82) is 0 Å². The average molecular weight is 275 g/mol. The van der Waals surface area contributed by atoms with Crippen LogP contribution in [0.15, 0.2) is 19.8 Å². The van der Waals surface area contributed by atoms with Crippen molar-refractivity contribution in [3.8, 4) is 11.5 Å². The minimum atomic E-state index is -1.20. The Labute approximate surface area is 90.5 Å². The number of rotatable bonds is 2. The largest absolute Gasteiger partial charge is 0.475 e. The molecule has 0 saturated carbocycles. The highest BCUT2D eigenvalue weighted by Crippen LogP contribution is 2.30. The van der Waals surface area contributed by atoms with Crippen molar-refractivity contribution in [2.75, 3.05) is 0 Å². The Kier molecular flexibility index (Phi) is 2.34. The molecule has 5 nitrogen and oxygen atoms in total. The molecule has 0 aromatic carbocycles. The Morgan fingerprint density at radius 1 is 1.57 bits per heavy atom. The minimum absolute atomic E-state index is 0.204. The highest BCUT2D eigenvalue weighted by atomic mass is 79.9. The fourth-order valence-corrected chi connectivity index (χ4v) is 2.29. The summed E-state index contributed by atoms with van der Waals surface area (Å²) in [5.74, 6) is -1.33. The summed E-state index contributed by atoms with van der Waals surface area (Å²) in [6, 6.07) is 0. The molecule has 0 radical (unpaired) electrons. The van der Waals surface area contributed by atoms with Crippen LogP contribution in [-0.2, 0) is 0 Å². The summed E-state index contributed by atoms with van der Waals surface area (Å²) in [4.78, 5) is 14.2. The first-order valence-corrected chi connectivity index (χ1v) is 5.21. The number of thiophene rings is 1. The summed E-state index contributed by atoms with van der Waals surface area (Å²) in [6.45, 7) is 0. The molecule has 2 heterocycles. The molecule has 0 aliphatic rings. The topological polar surface area (TPSA) is 76.2 Å². The van der Waals surface area contributed by atoms with Crippen LogP contribution in [0.25, 0.3) is 11.5 Å². The van der Waals surface area contributed by atoms with Crippen LogP contribution >= 0.6 is 27.3 Å². The molecule has 72 valence electrons. The number of carbonyl (C=O) groups is 1. The van der Waals surface area contributed by atoms with Gasteiger partial charge < -0.3 is 9.63 Å². The molecule has 2 rings (SSSR count). The molecule has 0 aliphatic carbocycles. The van der Waals surface area contributed by atoms with Crippen molar-refractivity contribution in [3.05, 3.63) is 21.1 Å². The van der Waals surface area contributed by atoms with Crippen LogP contribution in [-0.4, -0.2) is 21.2 Å². The lowest BCUT2D eigenvalue weighted by molar-refractivity contribution is 0.0680. The summed E-state index contributed by atoms with van der Waals surface area (Å²) in [5.41, 5.74) is 0.704. The second-order valence-corrected chi connectivity index (χ2v) is 3.96. The van der Waals surface area contributed by atoms with Gasteiger partial charge in [-0.1, -0.05) is 0 Å². The fourth-order valence-electron chi connectivity index (χ4n) is 0.854. The van der Waals surface area contributed by atoms with Gasteiger partial charge in [0.2, 0.25) is 0 Å². The van der Waals surface area contributed by atoms with Crippen molar-refractivity contribution in [3.63, 3.8) is 0 Å². The van der Waals surface area contributed by atoms with E-state index in [9.17, 15) is 4.79 Å². The number of nitrogens with zero attached hydrogens (tertiary/aromatic N) is 2. The lowest BCUT2D eigenvalue weighted by Gasteiger charge is -1.86. The molecule has 0 spiro atoms. The third-order valence-electron chi connectivity index (χ3n) is 1.46. The molecule has 0 amide bonds. The fraction of sp³-hybridized carbons (Fsp3) is 0. The van der Waals surface area contributed by atoms with Crippen molar-refractivity contribution in [2.45, 2.75) is 0 Å². The van der Waals surface area contributed by atoms with Crippen LogP contribution in [0.1, 0.15) is 10.6 Å². The molecule has 1 N–H and O–H groups in total. The number of aromatic carboxylic acids is 1. The Morgan fingerprint density at radius 2 is 2.36 bits per heavy atom. The molecule has 0 bridgehead atoms. The second-order valence-electron chi connectivity index (χ2n) is 2.36. The quantitative estimate of drug-likeness (QED) is 0.909. The van der Waals surface area contributed by atoms with Gasteiger partial charge in [0, 0.05) is 15.2 Å². The van der Waals surface area contributed by atoms with Gasteiger partial charge in [0.25, 0.3) is 11.7 Å². The SMILES string of the molecule is O=C(O)c1noc(-c2cscc2Br)n1. The number of carboxylic acids is 1. The zero-order valence-electron chi connectivity index (χ0n) is 6.60. The average Bonchev–Trinajstić information content (AvgIpc) is 2.71. The van der Waals surface area contributed by atoms with E-state index in [0.717, 1.165) is 4.47 Å². The molecule has 0 saturated heterocycles. The zero-order chi connectivity index (χ0) is 10.1. The predicted octanol–water partition coefficient (Wildman–Crippen LogP) is 2.26. The number of hydrogen-bond acceptors (Lipinski definition) is 5. The van der Waals surface area contributed by atoms with E-state index in [1.807, 2.05) is 5.38 Å². The van der Waals surface area contributed by atoms with E-state index in [4.69, 9.17) is 9.63 Å². The first-order valence-electron chi connectivity index (χ1n) is 3.47. The molecule has 0 atom stereocenters. The molecule has 2 aromatic heterocycles.